The van der Waals surface area contributed by atoms with E-state index in [1.165, 1.54) is 32.7 Å². The topological polar surface area (TPSA) is 17.1 Å². The zero-order valence-corrected chi connectivity index (χ0v) is 26.5. The van der Waals surface area contributed by atoms with E-state index in [4.69, 9.17) is 0 Å². The van der Waals surface area contributed by atoms with E-state index in [-0.39, 0.29) is 5.78 Å². The van der Waals surface area contributed by atoms with E-state index in [1.54, 1.807) is 0 Å². The van der Waals surface area contributed by atoms with Crippen LogP contribution in [0.5, 0.6) is 0 Å². The van der Waals surface area contributed by atoms with Crippen molar-refractivity contribution in [3.8, 4) is 44.5 Å². The molecule has 0 aliphatic heterocycles. The Balaban J connectivity index is 1.12. The van der Waals surface area contributed by atoms with Crippen molar-refractivity contribution in [2.75, 3.05) is 0 Å². The molecule has 9 rings (SSSR count). The Bertz CT molecular complexity index is 2450. The Hall–Kier alpha value is -6.05. The fraction of sp³-hybridized carbons (Fsp3) is 0.0426. The molecule has 0 saturated carbocycles. The lowest BCUT2D eigenvalue weighted by Crippen LogP contribution is -2.05. The van der Waals surface area contributed by atoms with Gasteiger partial charge in [-0.2, -0.15) is 0 Å². The van der Waals surface area contributed by atoms with Crippen LogP contribution in [0, 0.1) is 0 Å². The number of carbonyl (C=O) groups excluding carboxylic acids is 1. The van der Waals surface area contributed by atoms with Gasteiger partial charge in [0.15, 0.2) is 5.78 Å². The molecule has 0 aromatic heterocycles. The van der Waals surface area contributed by atoms with Crippen molar-refractivity contribution in [3.05, 3.63) is 192 Å². The SMILES string of the molecule is O=C1c2cc(-c3cc(-c4ccccc4)cc(-c4ccccc4)c3)ccc2CCc2ccc(-c3ccc4c(ccc5ccccc54)c3)cc21. The van der Waals surface area contributed by atoms with Crippen LogP contribution in [0.1, 0.15) is 27.0 Å². The highest BCUT2D eigenvalue weighted by molar-refractivity contribution is 6.13. The minimum absolute atomic E-state index is 0.107. The second-order valence-corrected chi connectivity index (χ2v) is 12.8. The lowest BCUT2D eigenvalue weighted by atomic mass is 9.90. The van der Waals surface area contributed by atoms with Gasteiger partial charge in [0.05, 0.1) is 0 Å². The zero-order valence-electron chi connectivity index (χ0n) is 26.5. The Kier molecular flexibility index (Phi) is 6.83. The fourth-order valence-corrected chi connectivity index (χ4v) is 7.37. The van der Waals surface area contributed by atoms with Crippen LogP contribution in [0.2, 0.25) is 0 Å². The summed E-state index contributed by atoms with van der Waals surface area (Å²) in [6.45, 7) is 0. The molecule has 1 aliphatic rings. The summed E-state index contributed by atoms with van der Waals surface area (Å²) in [5, 5.41) is 4.96. The van der Waals surface area contributed by atoms with E-state index < -0.39 is 0 Å². The van der Waals surface area contributed by atoms with Gasteiger partial charge in [0.25, 0.3) is 0 Å². The minimum atomic E-state index is 0.107. The summed E-state index contributed by atoms with van der Waals surface area (Å²) in [7, 11) is 0. The summed E-state index contributed by atoms with van der Waals surface area (Å²) in [6, 6.07) is 60.3. The number of aryl methyl sites for hydroxylation is 2. The van der Waals surface area contributed by atoms with Crippen molar-refractivity contribution in [2.45, 2.75) is 12.8 Å². The lowest BCUT2D eigenvalue weighted by molar-refractivity contribution is 0.103. The van der Waals surface area contributed by atoms with Gasteiger partial charge < -0.3 is 0 Å². The van der Waals surface area contributed by atoms with Crippen LogP contribution in [-0.2, 0) is 12.8 Å². The second-order valence-electron chi connectivity index (χ2n) is 12.8. The van der Waals surface area contributed by atoms with Gasteiger partial charge in [0, 0.05) is 11.1 Å². The summed E-state index contributed by atoms with van der Waals surface area (Å²) in [5.74, 6) is 0.107. The quantitative estimate of drug-likeness (QED) is 0.181. The van der Waals surface area contributed by atoms with E-state index in [0.717, 1.165) is 68.5 Å². The molecule has 8 aromatic carbocycles. The van der Waals surface area contributed by atoms with E-state index >= 15 is 0 Å². The first-order valence-corrected chi connectivity index (χ1v) is 16.7. The maximum Gasteiger partial charge on any atom is 0.193 e. The Morgan fingerprint density at radius 1 is 0.312 bits per heavy atom. The van der Waals surface area contributed by atoms with Crippen LogP contribution in [-0.4, -0.2) is 5.78 Å². The molecule has 0 saturated heterocycles. The minimum Gasteiger partial charge on any atom is -0.289 e. The van der Waals surface area contributed by atoms with E-state index in [0.29, 0.717) is 0 Å². The first kappa shape index (κ1) is 28.2. The second kappa shape index (κ2) is 11.6. The predicted octanol–water partition coefficient (Wildman–Crippen LogP) is 12.0. The first-order valence-electron chi connectivity index (χ1n) is 16.7. The van der Waals surface area contributed by atoms with Crippen molar-refractivity contribution in [3.63, 3.8) is 0 Å². The Morgan fingerprint density at radius 2 is 0.771 bits per heavy atom. The molecule has 226 valence electrons. The third-order valence-electron chi connectivity index (χ3n) is 9.93. The highest BCUT2D eigenvalue weighted by Crippen LogP contribution is 2.36. The molecule has 8 aromatic rings. The van der Waals surface area contributed by atoms with Gasteiger partial charge in [0.2, 0.25) is 0 Å². The van der Waals surface area contributed by atoms with Gasteiger partial charge in [-0.15, -0.1) is 0 Å². The van der Waals surface area contributed by atoms with Crippen molar-refractivity contribution in [1.29, 1.82) is 0 Å². The molecule has 1 heteroatoms. The molecule has 0 fully saturated rings. The van der Waals surface area contributed by atoms with Crippen LogP contribution < -0.4 is 0 Å². The Labute approximate surface area is 280 Å². The molecule has 0 unspecified atom stereocenters. The van der Waals surface area contributed by atoms with Crippen molar-refractivity contribution in [2.24, 2.45) is 0 Å². The molecule has 1 nitrogen and oxygen atoms in total. The molecule has 0 amide bonds. The summed E-state index contributed by atoms with van der Waals surface area (Å²) in [5.41, 5.74) is 12.9. The number of carbonyl (C=O) groups is 1. The lowest BCUT2D eigenvalue weighted by Gasteiger charge is -2.13. The molecule has 0 bridgehead atoms. The number of rotatable bonds is 4. The van der Waals surface area contributed by atoms with Crippen LogP contribution in [0.3, 0.4) is 0 Å². The summed E-state index contributed by atoms with van der Waals surface area (Å²) < 4.78 is 0. The standard InChI is InChI=1S/C47H32O/c48-47-45-29-37(36-23-24-44-39(25-36)22-19-33-13-7-8-14-43(33)44)20-17-34(45)15-16-35-18-21-38(30-46(35)47)42-27-40(31-9-3-1-4-10-31)26-41(28-42)32-11-5-2-6-12-32/h1-14,17-30H,15-16H2. The van der Waals surface area contributed by atoms with Crippen molar-refractivity contribution in [1.82, 2.24) is 0 Å². The number of benzene rings is 8. The molecule has 0 heterocycles. The highest BCUT2D eigenvalue weighted by atomic mass is 16.1. The maximum atomic E-state index is 14.4. The van der Waals surface area contributed by atoms with Gasteiger partial charge in [-0.05, 0) is 126 Å². The van der Waals surface area contributed by atoms with Gasteiger partial charge in [0.1, 0.15) is 0 Å². The van der Waals surface area contributed by atoms with E-state index in [1.807, 2.05) is 0 Å². The van der Waals surface area contributed by atoms with E-state index in [2.05, 4.69) is 170 Å². The smallest absolute Gasteiger partial charge is 0.193 e. The van der Waals surface area contributed by atoms with Gasteiger partial charge in [-0.3, -0.25) is 4.79 Å². The molecule has 48 heavy (non-hydrogen) atoms. The number of hydrogen-bond acceptors (Lipinski definition) is 1. The molecule has 0 atom stereocenters. The largest absolute Gasteiger partial charge is 0.289 e. The van der Waals surface area contributed by atoms with Crippen LogP contribution in [0.4, 0.5) is 0 Å². The summed E-state index contributed by atoms with van der Waals surface area (Å²) in [6.07, 6.45) is 1.69. The average molecular weight is 613 g/mol. The molecular weight excluding hydrogens is 581 g/mol. The fourth-order valence-electron chi connectivity index (χ4n) is 7.37. The maximum absolute atomic E-state index is 14.4. The van der Waals surface area contributed by atoms with Crippen molar-refractivity contribution < 1.29 is 4.79 Å². The zero-order chi connectivity index (χ0) is 32.0. The predicted molar refractivity (Wildman–Crippen MR) is 200 cm³/mol. The van der Waals surface area contributed by atoms with Crippen LogP contribution >= 0.6 is 0 Å². The monoisotopic (exact) mass is 612 g/mol. The van der Waals surface area contributed by atoms with Gasteiger partial charge in [-0.1, -0.05) is 133 Å². The number of ketones is 1. The number of fused-ring (bicyclic) bond motifs is 5. The first-order chi connectivity index (χ1) is 23.7. The van der Waals surface area contributed by atoms with Gasteiger partial charge >= 0.3 is 0 Å². The van der Waals surface area contributed by atoms with Crippen LogP contribution in [0.25, 0.3) is 66.1 Å². The molecule has 0 radical (unpaired) electrons. The summed E-state index contributed by atoms with van der Waals surface area (Å²) >= 11 is 0. The Morgan fingerprint density at radius 3 is 1.40 bits per heavy atom. The highest BCUT2D eigenvalue weighted by Gasteiger charge is 2.23. The average Bonchev–Trinajstić information content (AvgIpc) is 3.30. The summed E-state index contributed by atoms with van der Waals surface area (Å²) in [4.78, 5) is 14.4. The molecular formula is C47H32O. The molecule has 0 spiro atoms. The van der Waals surface area contributed by atoms with Crippen LogP contribution in [0.15, 0.2) is 170 Å². The third-order valence-corrected chi connectivity index (χ3v) is 9.93. The number of hydrogen-bond donors (Lipinski definition) is 0. The molecule has 1 aliphatic carbocycles. The van der Waals surface area contributed by atoms with Gasteiger partial charge in [-0.25, -0.2) is 0 Å². The third kappa shape index (κ3) is 5.01. The normalized spacial score (nSPS) is 12.5. The van der Waals surface area contributed by atoms with Crippen molar-refractivity contribution >= 4 is 27.3 Å². The molecule has 0 N–H and O–H groups in total. The van der Waals surface area contributed by atoms with E-state index in [9.17, 15) is 4.79 Å².